The molecule has 1 fully saturated rings. The van der Waals surface area contributed by atoms with Crippen molar-refractivity contribution >= 4 is 24.0 Å². The highest BCUT2D eigenvalue weighted by molar-refractivity contribution is 6.13. The predicted molar refractivity (Wildman–Crippen MR) is 123 cm³/mol. The third kappa shape index (κ3) is 5.30. The Balaban J connectivity index is 1.88. The van der Waals surface area contributed by atoms with Gasteiger partial charge >= 0.3 is 12.0 Å². The summed E-state index contributed by atoms with van der Waals surface area (Å²) in [5.74, 6) is 2.43. The van der Waals surface area contributed by atoms with Gasteiger partial charge in [0.05, 0.1) is 20.3 Å². The second-order valence-corrected chi connectivity index (χ2v) is 7.06. The molecule has 0 unspecified atom stereocenters. The van der Waals surface area contributed by atoms with Crippen molar-refractivity contribution in [2.75, 3.05) is 20.3 Å². The average Bonchev–Trinajstić information content (AvgIpc) is 3.39. The number of ether oxygens (including phenoxy) is 3. The van der Waals surface area contributed by atoms with Crippen LogP contribution in [0.4, 0.5) is 4.79 Å². The molecule has 1 aliphatic heterocycles. The third-order valence-corrected chi connectivity index (χ3v) is 4.75. The van der Waals surface area contributed by atoms with Gasteiger partial charge in [-0.05, 0) is 49.2 Å². The number of hydrogen-bond acceptors (Lipinski definition) is 7. The highest BCUT2D eigenvalue weighted by atomic mass is 16.5. The fraction of sp³-hybridized carbons (Fsp3) is 0.240. The van der Waals surface area contributed by atoms with Crippen LogP contribution in [0.3, 0.4) is 0 Å². The number of imide groups is 1. The normalized spacial score (nSPS) is 14.0. The van der Waals surface area contributed by atoms with E-state index < -0.39 is 17.9 Å². The first-order chi connectivity index (χ1) is 16.4. The fourth-order valence-electron chi connectivity index (χ4n) is 3.33. The molecule has 1 N–H and O–H groups in total. The molecule has 1 aromatic heterocycles. The molecule has 0 bridgehead atoms. The minimum absolute atomic E-state index is 0.0225. The van der Waals surface area contributed by atoms with Crippen LogP contribution in [0.1, 0.15) is 34.4 Å². The maximum atomic E-state index is 12.9. The Hall–Kier alpha value is -4.45. The van der Waals surface area contributed by atoms with Gasteiger partial charge in [-0.1, -0.05) is 12.0 Å². The van der Waals surface area contributed by atoms with Crippen molar-refractivity contribution in [2.24, 2.45) is 0 Å². The summed E-state index contributed by atoms with van der Waals surface area (Å²) >= 11 is 0. The molecule has 34 heavy (non-hydrogen) atoms. The molecule has 1 aromatic carbocycles. The van der Waals surface area contributed by atoms with Crippen molar-refractivity contribution in [3.05, 3.63) is 65.3 Å². The summed E-state index contributed by atoms with van der Waals surface area (Å²) in [6.45, 7) is 5.91. The van der Waals surface area contributed by atoms with Crippen LogP contribution in [-0.2, 0) is 22.5 Å². The summed E-state index contributed by atoms with van der Waals surface area (Å²) in [5, 5.41) is 2.56. The minimum Gasteiger partial charge on any atom is -0.490 e. The van der Waals surface area contributed by atoms with Crippen LogP contribution in [-0.4, -0.2) is 43.1 Å². The summed E-state index contributed by atoms with van der Waals surface area (Å²) in [7, 11) is 1.23. The number of nitrogens with one attached hydrogen (secondary N) is 1. The maximum absolute atomic E-state index is 12.9. The van der Waals surface area contributed by atoms with Crippen LogP contribution < -0.4 is 14.8 Å². The highest BCUT2D eigenvalue weighted by Gasteiger charge is 2.34. The van der Waals surface area contributed by atoms with Crippen LogP contribution >= 0.6 is 0 Å². The lowest BCUT2D eigenvalue weighted by Crippen LogP contribution is -2.30. The van der Waals surface area contributed by atoms with Gasteiger partial charge in [-0.2, -0.15) is 0 Å². The van der Waals surface area contributed by atoms with E-state index in [0.29, 0.717) is 30.1 Å². The van der Waals surface area contributed by atoms with Crippen molar-refractivity contribution in [1.82, 2.24) is 10.2 Å². The van der Waals surface area contributed by atoms with Gasteiger partial charge in [-0.15, -0.1) is 13.0 Å². The van der Waals surface area contributed by atoms with Gasteiger partial charge in [0.2, 0.25) is 5.76 Å². The number of urea groups is 1. The second kappa shape index (κ2) is 10.9. The first-order valence-electron chi connectivity index (χ1n) is 10.4. The highest BCUT2D eigenvalue weighted by Crippen LogP contribution is 2.35. The average molecular weight is 464 g/mol. The van der Waals surface area contributed by atoms with Crippen molar-refractivity contribution in [2.45, 2.75) is 19.9 Å². The molecule has 9 nitrogen and oxygen atoms in total. The molecule has 0 atom stereocenters. The number of rotatable bonds is 10. The van der Waals surface area contributed by atoms with Crippen molar-refractivity contribution in [1.29, 1.82) is 0 Å². The van der Waals surface area contributed by atoms with E-state index in [1.165, 1.54) is 19.2 Å². The van der Waals surface area contributed by atoms with E-state index in [1.807, 2.05) is 6.92 Å². The van der Waals surface area contributed by atoms with Gasteiger partial charge in [-0.25, -0.2) is 9.59 Å². The number of benzene rings is 1. The van der Waals surface area contributed by atoms with E-state index in [4.69, 9.17) is 20.3 Å². The smallest absolute Gasteiger partial charge is 0.373 e. The number of hydrogen-bond donors (Lipinski definition) is 1. The molecule has 0 spiro atoms. The Labute approximate surface area is 197 Å². The van der Waals surface area contributed by atoms with Crippen LogP contribution in [0.5, 0.6) is 11.5 Å². The summed E-state index contributed by atoms with van der Waals surface area (Å²) in [6, 6.07) is 5.81. The predicted octanol–water partition coefficient (Wildman–Crippen LogP) is 3.30. The Morgan fingerprint density at radius 2 is 2.09 bits per heavy atom. The molecule has 1 saturated heterocycles. The number of furan rings is 1. The zero-order valence-electron chi connectivity index (χ0n) is 18.9. The molecule has 2 heterocycles. The van der Waals surface area contributed by atoms with Crippen molar-refractivity contribution in [3.8, 4) is 23.8 Å². The molecule has 3 rings (SSSR count). The lowest BCUT2D eigenvalue weighted by atomic mass is 10.0. The van der Waals surface area contributed by atoms with E-state index in [-0.39, 0.29) is 30.4 Å². The zero-order chi connectivity index (χ0) is 24.7. The number of carbonyl (C=O) groups excluding carboxylic acids is 3. The largest absolute Gasteiger partial charge is 0.490 e. The van der Waals surface area contributed by atoms with Gasteiger partial charge in [0.15, 0.2) is 11.5 Å². The standard InChI is InChI=1S/C25H24N2O7/c1-5-8-17-12-16(14-21(32-7-3)22(17)33-11-6-2)13-19-23(28)27(25(30)26-19)15-18-9-10-20(34-18)24(29)31-4/h2,5,9-10,12-14H,1,7-8,11,15H2,3-4H3,(H,26,30). The molecule has 2 aromatic rings. The fourth-order valence-corrected chi connectivity index (χ4v) is 3.33. The van der Waals surface area contributed by atoms with Gasteiger partial charge < -0.3 is 23.9 Å². The molecule has 9 heteroatoms. The van der Waals surface area contributed by atoms with E-state index in [0.717, 1.165) is 10.5 Å². The Morgan fingerprint density at radius 1 is 1.29 bits per heavy atom. The molecule has 0 aliphatic carbocycles. The summed E-state index contributed by atoms with van der Waals surface area (Å²) < 4.78 is 21.3. The molecular weight excluding hydrogens is 440 g/mol. The number of esters is 1. The van der Waals surface area contributed by atoms with Gasteiger partial charge in [-0.3, -0.25) is 9.69 Å². The monoisotopic (exact) mass is 464 g/mol. The van der Waals surface area contributed by atoms with E-state index in [2.05, 4.69) is 22.6 Å². The molecule has 1 aliphatic rings. The second-order valence-electron chi connectivity index (χ2n) is 7.06. The lowest BCUT2D eigenvalue weighted by molar-refractivity contribution is -0.123. The molecule has 176 valence electrons. The molecular formula is C25H24N2O7. The Kier molecular flexibility index (Phi) is 7.77. The number of nitrogens with zero attached hydrogens (tertiary/aromatic N) is 1. The first kappa shape index (κ1) is 24.2. The van der Waals surface area contributed by atoms with Crippen LogP contribution in [0.25, 0.3) is 6.08 Å². The molecule has 3 amide bonds. The Morgan fingerprint density at radius 3 is 2.76 bits per heavy atom. The third-order valence-electron chi connectivity index (χ3n) is 4.75. The number of methoxy groups -OCH3 is 1. The topological polar surface area (TPSA) is 107 Å². The van der Waals surface area contributed by atoms with Crippen molar-refractivity contribution in [3.63, 3.8) is 0 Å². The lowest BCUT2D eigenvalue weighted by Gasteiger charge is -2.15. The van der Waals surface area contributed by atoms with Crippen LogP contribution in [0.15, 0.2) is 47.0 Å². The number of terminal acetylenes is 1. The molecule has 0 radical (unpaired) electrons. The van der Waals surface area contributed by atoms with E-state index >= 15 is 0 Å². The minimum atomic E-state index is -0.654. The summed E-state index contributed by atoms with van der Waals surface area (Å²) in [5.41, 5.74) is 1.46. The number of allylic oxidation sites excluding steroid dienone is 1. The van der Waals surface area contributed by atoms with Crippen LogP contribution in [0, 0.1) is 12.3 Å². The zero-order valence-corrected chi connectivity index (χ0v) is 18.9. The summed E-state index contributed by atoms with van der Waals surface area (Å²) in [4.78, 5) is 37.9. The van der Waals surface area contributed by atoms with Gasteiger partial charge in [0, 0.05) is 5.56 Å². The Bertz CT molecular complexity index is 1190. The van der Waals surface area contributed by atoms with E-state index in [9.17, 15) is 14.4 Å². The van der Waals surface area contributed by atoms with Gasteiger partial charge in [0.25, 0.3) is 5.91 Å². The molecule has 0 saturated carbocycles. The van der Waals surface area contributed by atoms with E-state index in [1.54, 1.807) is 24.3 Å². The maximum Gasteiger partial charge on any atom is 0.373 e. The van der Waals surface area contributed by atoms with Crippen LogP contribution in [0.2, 0.25) is 0 Å². The van der Waals surface area contributed by atoms with Gasteiger partial charge in [0.1, 0.15) is 18.1 Å². The van der Waals surface area contributed by atoms with Crippen molar-refractivity contribution < 1.29 is 33.0 Å². The SMILES string of the molecule is C#CCOc1c(CC=C)cc(C=C2NC(=O)N(Cc3ccc(C(=O)OC)o3)C2=O)cc1OCC. The quantitative estimate of drug-likeness (QED) is 0.189. The number of carbonyl (C=O) groups is 3. The summed E-state index contributed by atoms with van der Waals surface area (Å²) in [6.07, 6.45) is 9.06. The first-order valence-corrected chi connectivity index (χ1v) is 10.4. The number of amides is 3.